The van der Waals surface area contributed by atoms with Crippen LogP contribution in [-0.2, 0) is 4.79 Å². The first-order valence-electron chi connectivity index (χ1n) is 5.14. The summed E-state index contributed by atoms with van der Waals surface area (Å²) in [6.07, 6.45) is 2.59. The summed E-state index contributed by atoms with van der Waals surface area (Å²) >= 11 is 0. The van der Waals surface area contributed by atoms with Crippen molar-refractivity contribution in [2.45, 2.75) is 25.3 Å². The molecule has 1 aromatic heterocycles. The summed E-state index contributed by atoms with van der Waals surface area (Å²) in [5, 5.41) is 9.16. The second kappa shape index (κ2) is 3.66. The molecular formula is C11H13NO4. The predicted octanol–water partition coefficient (Wildman–Crippen LogP) is 1.36. The molecular weight excluding hydrogens is 210 g/mol. The van der Waals surface area contributed by atoms with Crippen molar-refractivity contribution in [3.05, 3.63) is 24.2 Å². The van der Waals surface area contributed by atoms with Crippen molar-refractivity contribution in [1.29, 1.82) is 0 Å². The molecule has 86 valence electrons. The number of carboxylic acid groups (broad SMARTS) is 1. The highest BCUT2D eigenvalue weighted by molar-refractivity contribution is 5.96. The normalized spacial score (nSPS) is 24.7. The van der Waals surface area contributed by atoms with Gasteiger partial charge in [-0.25, -0.2) is 4.79 Å². The Kier molecular flexibility index (Phi) is 2.46. The molecule has 1 aromatic rings. The summed E-state index contributed by atoms with van der Waals surface area (Å²) in [7, 11) is 0. The first kappa shape index (κ1) is 10.7. The average Bonchev–Trinajstić information content (AvgIpc) is 2.85. The number of hydrogen-bond donors (Lipinski definition) is 1. The lowest BCUT2D eigenvalue weighted by Crippen LogP contribution is -2.50. The van der Waals surface area contributed by atoms with Crippen LogP contribution in [0.15, 0.2) is 22.8 Å². The van der Waals surface area contributed by atoms with Gasteiger partial charge in [0.25, 0.3) is 5.91 Å². The van der Waals surface area contributed by atoms with E-state index in [0.29, 0.717) is 19.4 Å². The Labute approximate surface area is 92.7 Å². The molecule has 1 fully saturated rings. The van der Waals surface area contributed by atoms with E-state index in [1.807, 2.05) is 0 Å². The van der Waals surface area contributed by atoms with Crippen LogP contribution in [0.1, 0.15) is 30.3 Å². The molecule has 16 heavy (non-hydrogen) atoms. The van der Waals surface area contributed by atoms with Crippen molar-refractivity contribution in [3.8, 4) is 0 Å². The van der Waals surface area contributed by atoms with Gasteiger partial charge in [0.15, 0.2) is 5.76 Å². The second-order valence-electron chi connectivity index (χ2n) is 4.12. The van der Waals surface area contributed by atoms with Gasteiger partial charge in [0.1, 0.15) is 5.54 Å². The van der Waals surface area contributed by atoms with Crippen LogP contribution in [0.2, 0.25) is 0 Å². The minimum Gasteiger partial charge on any atom is -0.480 e. The van der Waals surface area contributed by atoms with Crippen molar-refractivity contribution in [2.24, 2.45) is 0 Å². The summed E-state index contributed by atoms with van der Waals surface area (Å²) in [6.45, 7) is 2.03. The number of carboxylic acids is 1. The van der Waals surface area contributed by atoms with Gasteiger partial charge in [-0.2, -0.15) is 0 Å². The second-order valence-corrected chi connectivity index (χ2v) is 4.12. The Balaban J connectivity index is 2.27. The maximum absolute atomic E-state index is 12.0. The molecule has 0 spiro atoms. The van der Waals surface area contributed by atoms with Crippen molar-refractivity contribution >= 4 is 11.9 Å². The van der Waals surface area contributed by atoms with E-state index in [0.717, 1.165) is 0 Å². The Bertz CT molecular complexity index is 412. The number of carbonyl (C=O) groups excluding carboxylic acids is 1. The largest absolute Gasteiger partial charge is 0.480 e. The number of likely N-dealkylation sites (tertiary alicyclic amines) is 1. The van der Waals surface area contributed by atoms with E-state index < -0.39 is 11.5 Å². The maximum Gasteiger partial charge on any atom is 0.329 e. The minimum absolute atomic E-state index is 0.189. The van der Waals surface area contributed by atoms with Gasteiger partial charge in [0.05, 0.1) is 6.26 Å². The van der Waals surface area contributed by atoms with Gasteiger partial charge in [-0.1, -0.05) is 0 Å². The number of furan rings is 1. The molecule has 5 heteroatoms. The number of carbonyl (C=O) groups is 2. The molecule has 0 saturated carbocycles. The summed E-state index contributed by atoms with van der Waals surface area (Å²) < 4.78 is 5.00. The van der Waals surface area contributed by atoms with Crippen LogP contribution in [0.4, 0.5) is 0 Å². The van der Waals surface area contributed by atoms with Crippen LogP contribution in [-0.4, -0.2) is 34.0 Å². The van der Waals surface area contributed by atoms with E-state index in [2.05, 4.69) is 0 Å². The van der Waals surface area contributed by atoms with Gasteiger partial charge in [-0.05, 0) is 31.9 Å². The molecule has 2 rings (SSSR count). The third-order valence-electron chi connectivity index (χ3n) is 3.08. The standard InChI is InChI=1S/C11H13NO4/c1-11(10(14)15)5-3-6-12(11)9(13)8-4-2-7-16-8/h2,4,7H,3,5-6H2,1H3,(H,14,15). The zero-order chi connectivity index (χ0) is 11.8. The Morgan fingerprint density at radius 2 is 2.31 bits per heavy atom. The smallest absolute Gasteiger partial charge is 0.329 e. The van der Waals surface area contributed by atoms with Crippen molar-refractivity contribution < 1.29 is 19.1 Å². The van der Waals surface area contributed by atoms with E-state index in [4.69, 9.17) is 9.52 Å². The highest BCUT2D eigenvalue weighted by atomic mass is 16.4. The van der Waals surface area contributed by atoms with Gasteiger partial charge in [0, 0.05) is 6.54 Å². The van der Waals surface area contributed by atoms with Gasteiger partial charge >= 0.3 is 5.97 Å². The summed E-state index contributed by atoms with van der Waals surface area (Å²) in [5.41, 5.74) is -1.11. The first-order valence-corrected chi connectivity index (χ1v) is 5.14. The fourth-order valence-electron chi connectivity index (χ4n) is 2.04. The lowest BCUT2D eigenvalue weighted by Gasteiger charge is -2.30. The molecule has 1 atom stereocenters. The van der Waals surface area contributed by atoms with Gasteiger partial charge in [0.2, 0.25) is 0 Å². The number of amides is 1. The molecule has 1 aliphatic heterocycles. The molecule has 5 nitrogen and oxygen atoms in total. The third-order valence-corrected chi connectivity index (χ3v) is 3.08. The molecule has 2 heterocycles. The quantitative estimate of drug-likeness (QED) is 0.821. The molecule has 0 radical (unpaired) electrons. The number of nitrogens with zero attached hydrogens (tertiary/aromatic N) is 1. The summed E-state index contributed by atoms with van der Waals surface area (Å²) in [5.74, 6) is -1.13. The number of rotatable bonds is 2. The lowest BCUT2D eigenvalue weighted by molar-refractivity contribution is -0.147. The number of hydrogen-bond acceptors (Lipinski definition) is 3. The third kappa shape index (κ3) is 1.48. The van der Waals surface area contributed by atoms with Crippen LogP contribution in [0, 0.1) is 0 Å². The summed E-state index contributed by atoms with van der Waals surface area (Å²) in [6, 6.07) is 3.16. The highest BCUT2D eigenvalue weighted by Gasteiger charge is 2.46. The van der Waals surface area contributed by atoms with E-state index >= 15 is 0 Å². The van der Waals surface area contributed by atoms with Gasteiger partial charge in [-0.3, -0.25) is 4.79 Å². The van der Waals surface area contributed by atoms with Crippen molar-refractivity contribution in [1.82, 2.24) is 4.90 Å². The molecule has 0 aliphatic carbocycles. The van der Waals surface area contributed by atoms with E-state index in [9.17, 15) is 9.59 Å². The van der Waals surface area contributed by atoms with Crippen LogP contribution >= 0.6 is 0 Å². The topological polar surface area (TPSA) is 70.8 Å². The SMILES string of the molecule is CC1(C(=O)O)CCCN1C(=O)c1ccco1. The van der Waals surface area contributed by atoms with E-state index in [-0.39, 0.29) is 11.7 Å². The molecule has 1 amide bonds. The first-order chi connectivity index (χ1) is 7.55. The zero-order valence-corrected chi connectivity index (χ0v) is 8.97. The maximum atomic E-state index is 12.0. The Morgan fingerprint density at radius 3 is 2.88 bits per heavy atom. The summed E-state index contributed by atoms with van der Waals surface area (Å²) in [4.78, 5) is 24.5. The molecule has 1 unspecified atom stereocenters. The van der Waals surface area contributed by atoms with Gasteiger partial charge < -0.3 is 14.4 Å². The number of aliphatic carboxylic acids is 1. The molecule has 1 saturated heterocycles. The molecule has 0 bridgehead atoms. The van der Waals surface area contributed by atoms with Crippen LogP contribution in [0.25, 0.3) is 0 Å². The van der Waals surface area contributed by atoms with Crippen molar-refractivity contribution in [3.63, 3.8) is 0 Å². The minimum atomic E-state index is -1.11. The Morgan fingerprint density at radius 1 is 1.56 bits per heavy atom. The Hall–Kier alpha value is -1.78. The van der Waals surface area contributed by atoms with Crippen LogP contribution in [0.3, 0.4) is 0 Å². The molecule has 0 aromatic carbocycles. The van der Waals surface area contributed by atoms with Gasteiger partial charge in [-0.15, -0.1) is 0 Å². The van der Waals surface area contributed by atoms with Crippen LogP contribution in [0.5, 0.6) is 0 Å². The lowest BCUT2D eigenvalue weighted by atomic mass is 9.99. The zero-order valence-electron chi connectivity index (χ0n) is 8.97. The highest BCUT2D eigenvalue weighted by Crippen LogP contribution is 2.30. The monoisotopic (exact) mass is 223 g/mol. The van der Waals surface area contributed by atoms with Crippen LogP contribution < -0.4 is 0 Å². The average molecular weight is 223 g/mol. The van der Waals surface area contributed by atoms with Crippen molar-refractivity contribution in [2.75, 3.05) is 6.54 Å². The molecule has 1 aliphatic rings. The predicted molar refractivity (Wildman–Crippen MR) is 55.0 cm³/mol. The fourth-order valence-corrected chi connectivity index (χ4v) is 2.04. The fraction of sp³-hybridized carbons (Fsp3) is 0.455. The van der Waals surface area contributed by atoms with E-state index in [1.54, 1.807) is 19.1 Å². The van der Waals surface area contributed by atoms with E-state index in [1.165, 1.54) is 11.2 Å². The molecule has 1 N–H and O–H groups in total.